The van der Waals surface area contributed by atoms with E-state index < -0.39 is 5.97 Å². The van der Waals surface area contributed by atoms with E-state index in [1.54, 1.807) is 0 Å². The molecule has 0 fully saturated rings. The number of nitrogens with one attached hydrogen (secondary N) is 1. The first kappa shape index (κ1) is 8.69. The van der Waals surface area contributed by atoms with Crippen molar-refractivity contribution in [2.24, 2.45) is 0 Å². The normalized spacial score (nSPS) is 8.75. The first-order chi connectivity index (χ1) is 5.74. The van der Waals surface area contributed by atoms with Gasteiger partial charge in [-0.05, 0) is 6.07 Å². The van der Waals surface area contributed by atoms with Gasteiger partial charge in [-0.1, -0.05) is 11.8 Å². The Labute approximate surface area is 74.4 Å². The van der Waals surface area contributed by atoms with Gasteiger partial charge in [0.1, 0.15) is 5.69 Å². The third-order valence-corrected chi connectivity index (χ3v) is 1.35. The second-order valence-electron chi connectivity index (χ2n) is 2.04. The van der Waals surface area contributed by atoms with Crippen molar-refractivity contribution >= 4 is 17.6 Å². The van der Waals surface area contributed by atoms with Crippen molar-refractivity contribution in [3.05, 3.63) is 23.5 Å². The lowest BCUT2D eigenvalue weighted by Gasteiger charge is -1.81. The molecular weight excluding hydrogens is 178 g/mol. The predicted molar refractivity (Wildman–Crippen MR) is 45.4 cm³/mol. The Hall–Kier alpha value is -1.40. The van der Waals surface area contributed by atoms with Crippen LogP contribution >= 0.6 is 11.6 Å². The number of rotatable bonds is 1. The number of hydrogen-bond donors (Lipinski definition) is 2. The zero-order chi connectivity index (χ0) is 8.97. The summed E-state index contributed by atoms with van der Waals surface area (Å²) in [6.45, 7) is 0. The van der Waals surface area contributed by atoms with Crippen molar-refractivity contribution in [1.29, 1.82) is 0 Å². The molecule has 1 aromatic rings. The minimum absolute atomic E-state index is 0.133. The molecule has 3 nitrogen and oxygen atoms in total. The number of H-pyrrole nitrogens is 1. The second-order valence-corrected chi connectivity index (χ2v) is 2.31. The summed E-state index contributed by atoms with van der Waals surface area (Å²) in [5.41, 5.74) is 0.766. The molecule has 0 radical (unpaired) electrons. The van der Waals surface area contributed by atoms with Crippen LogP contribution in [0.5, 0.6) is 0 Å². The fourth-order valence-electron chi connectivity index (χ4n) is 0.725. The highest BCUT2D eigenvalue weighted by Crippen LogP contribution is 2.01. The molecule has 0 unspecified atom stereocenters. The maximum absolute atomic E-state index is 10.4. The van der Waals surface area contributed by atoms with Gasteiger partial charge in [-0.25, -0.2) is 4.79 Å². The van der Waals surface area contributed by atoms with Crippen LogP contribution in [-0.4, -0.2) is 21.9 Å². The van der Waals surface area contributed by atoms with Crippen LogP contribution in [0, 0.1) is 11.8 Å². The van der Waals surface area contributed by atoms with E-state index in [0.29, 0.717) is 5.56 Å². The molecular formula is C8H6ClNO2. The van der Waals surface area contributed by atoms with E-state index in [1.807, 2.05) is 0 Å². The highest BCUT2D eigenvalue weighted by atomic mass is 35.5. The third kappa shape index (κ3) is 2.04. The molecule has 0 saturated carbocycles. The van der Waals surface area contributed by atoms with Gasteiger partial charge in [0.25, 0.3) is 0 Å². The molecule has 0 saturated heterocycles. The monoisotopic (exact) mass is 183 g/mol. The Morgan fingerprint density at radius 3 is 3.00 bits per heavy atom. The van der Waals surface area contributed by atoms with Gasteiger partial charge < -0.3 is 10.1 Å². The van der Waals surface area contributed by atoms with Crippen LogP contribution in [-0.2, 0) is 0 Å². The average molecular weight is 184 g/mol. The van der Waals surface area contributed by atoms with Crippen molar-refractivity contribution in [3.63, 3.8) is 0 Å². The number of hydrogen-bond acceptors (Lipinski definition) is 1. The molecule has 1 aromatic heterocycles. The van der Waals surface area contributed by atoms with Crippen LogP contribution < -0.4 is 0 Å². The summed E-state index contributed by atoms with van der Waals surface area (Å²) >= 11 is 5.32. The van der Waals surface area contributed by atoms with Gasteiger partial charge in [0, 0.05) is 11.8 Å². The van der Waals surface area contributed by atoms with E-state index in [4.69, 9.17) is 16.7 Å². The minimum Gasteiger partial charge on any atom is -0.477 e. The molecule has 12 heavy (non-hydrogen) atoms. The second kappa shape index (κ2) is 3.84. The lowest BCUT2D eigenvalue weighted by atomic mass is 10.3. The fourth-order valence-corrected chi connectivity index (χ4v) is 0.792. The van der Waals surface area contributed by atoms with Crippen LogP contribution in [0.1, 0.15) is 16.1 Å². The van der Waals surface area contributed by atoms with E-state index in [1.165, 1.54) is 12.3 Å². The number of aromatic carboxylic acids is 1. The fraction of sp³-hybridized carbons (Fsp3) is 0.125. The van der Waals surface area contributed by atoms with Gasteiger partial charge in [-0.15, -0.1) is 11.6 Å². The van der Waals surface area contributed by atoms with Crippen molar-refractivity contribution in [3.8, 4) is 11.8 Å². The van der Waals surface area contributed by atoms with Gasteiger partial charge in [0.2, 0.25) is 0 Å². The van der Waals surface area contributed by atoms with Crippen molar-refractivity contribution in [2.75, 3.05) is 5.88 Å². The van der Waals surface area contributed by atoms with E-state index in [0.717, 1.165) is 0 Å². The summed E-state index contributed by atoms with van der Waals surface area (Å²) in [6.07, 6.45) is 1.53. The summed E-state index contributed by atoms with van der Waals surface area (Å²) in [7, 11) is 0. The molecule has 4 heteroatoms. The number of alkyl halides is 1. The Morgan fingerprint density at radius 1 is 1.75 bits per heavy atom. The number of aromatic amines is 1. The SMILES string of the molecule is O=C(O)c1cc(C#CCCl)c[nH]1. The summed E-state index contributed by atoms with van der Waals surface area (Å²) in [5.74, 6) is 4.56. The molecule has 0 spiro atoms. The van der Waals surface area contributed by atoms with E-state index in [2.05, 4.69) is 16.8 Å². The molecule has 0 amide bonds. The number of carbonyl (C=O) groups is 1. The molecule has 62 valence electrons. The molecule has 1 heterocycles. The quantitative estimate of drug-likeness (QED) is 0.510. The summed E-state index contributed by atoms with van der Waals surface area (Å²) in [4.78, 5) is 13.0. The first-order valence-electron chi connectivity index (χ1n) is 3.20. The highest BCUT2D eigenvalue weighted by Gasteiger charge is 2.03. The molecule has 0 aromatic carbocycles. The summed E-state index contributed by atoms with van der Waals surface area (Å²) < 4.78 is 0. The Balaban J connectivity index is 2.84. The van der Waals surface area contributed by atoms with Crippen LogP contribution in [0.3, 0.4) is 0 Å². The lowest BCUT2D eigenvalue weighted by molar-refractivity contribution is 0.0691. The van der Waals surface area contributed by atoms with Gasteiger partial charge in [-0.3, -0.25) is 0 Å². The number of carboxylic acids is 1. The van der Waals surface area contributed by atoms with E-state index in [9.17, 15) is 4.79 Å². The Morgan fingerprint density at radius 2 is 2.50 bits per heavy atom. The summed E-state index contributed by atoms with van der Waals surface area (Å²) in [6, 6.07) is 1.46. The molecule has 0 aliphatic carbocycles. The largest absolute Gasteiger partial charge is 0.477 e. The van der Waals surface area contributed by atoms with Gasteiger partial charge >= 0.3 is 5.97 Å². The first-order valence-corrected chi connectivity index (χ1v) is 3.74. The molecule has 1 rings (SSSR count). The number of aromatic nitrogens is 1. The molecule has 0 atom stereocenters. The number of halogens is 1. The lowest BCUT2D eigenvalue weighted by Crippen LogP contribution is -1.94. The van der Waals surface area contributed by atoms with E-state index >= 15 is 0 Å². The van der Waals surface area contributed by atoms with Crippen LogP contribution in [0.25, 0.3) is 0 Å². The molecule has 0 bridgehead atoms. The topological polar surface area (TPSA) is 53.1 Å². The van der Waals surface area contributed by atoms with Crippen LogP contribution in [0.4, 0.5) is 0 Å². The van der Waals surface area contributed by atoms with Crippen LogP contribution in [0.2, 0.25) is 0 Å². The average Bonchev–Trinajstić information content (AvgIpc) is 2.48. The highest BCUT2D eigenvalue weighted by molar-refractivity contribution is 6.19. The Kier molecular flexibility index (Phi) is 2.78. The van der Waals surface area contributed by atoms with Crippen LogP contribution in [0.15, 0.2) is 12.3 Å². The van der Waals surface area contributed by atoms with Gasteiger partial charge in [-0.2, -0.15) is 0 Å². The van der Waals surface area contributed by atoms with Crippen molar-refractivity contribution in [1.82, 2.24) is 4.98 Å². The maximum atomic E-state index is 10.4. The van der Waals surface area contributed by atoms with Gasteiger partial charge in [0.05, 0.1) is 5.88 Å². The summed E-state index contributed by atoms with van der Waals surface area (Å²) in [5, 5.41) is 8.52. The van der Waals surface area contributed by atoms with Gasteiger partial charge in [0.15, 0.2) is 0 Å². The molecule has 0 aliphatic heterocycles. The maximum Gasteiger partial charge on any atom is 0.352 e. The van der Waals surface area contributed by atoms with Crippen molar-refractivity contribution in [2.45, 2.75) is 0 Å². The standard InChI is InChI=1S/C8H6ClNO2/c9-3-1-2-6-4-7(8(11)12)10-5-6/h4-5,10H,3H2,(H,11,12). The predicted octanol–water partition coefficient (Wildman–Crippen LogP) is 1.30. The smallest absolute Gasteiger partial charge is 0.352 e. The number of carboxylic acid groups (broad SMARTS) is 1. The van der Waals surface area contributed by atoms with E-state index in [-0.39, 0.29) is 11.6 Å². The third-order valence-electron chi connectivity index (χ3n) is 1.21. The zero-order valence-corrected chi connectivity index (χ0v) is 6.85. The van der Waals surface area contributed by atoms with Crippen molar-refractivity contribution < 1.29 is 9.90 Å². The minimum atomic E-state index is -0.992. The zero-order valence-electron chi connectivity index (χ0n) is 6.10. The Bertz CT molecular complexity index is 345. The molecule has 2 N–H and O–H groups in total. The molecule has 0 aliphatic rings.